The van der Waals surface area contributed by atoms with Crippen molar-refractivity contribution in [3.8, 4) is 11.5 Å². The molecule has 0 atom stereocenters. The number of anilines is 1. The third-order valence-corrected chi connectivity index (χ3v) is 3.13. The first-order valence-corrected chi connectivity index (χ1v) is 7.48. The Hall–Kier alpha value is -2.82. The van der Waals surface area contributed by atoms with E-state index in [1.807, 2.05) is 31.2 Å². The number of hydrogen-bond acceptors (Lipinski definition) is 3. The fourth-order valence-electron chi connectivity index (χ4n) is 1.93. The second-order valence-corrected chi connectivity index (χ2v) is 5.12. The van der Waals surface area contributed by atoms with Gasteiger partial charge in [-0.1, -0.05) is 19.1 Å². The molecule has 0 aromatic heterocycles. The maximum atomic E-state index is 11.7. The summed E-state index contributed by atoms with van der Waals surface area (Å²) in [6.07, 6.45) is 0.359. The summed E-state index contributed by atoms with van der Waals surface area (Å²) < 4.78 is 5.74. The minimum absolute atomic E-state index is 0.0335. The van der Waals surface area contributed by atoms with E-state index in [-0.39, 0.29) is 18.4 Å². The highest BCUT2D eigenvalue weighted by atomic mass is 16.5. The van der Waals surface area contributed by atoms with Crippen molar-refractivity contribution in [1.29, 1.82) is 0 Å². The first kappa shape index (κ1) is 16.5. The summed E-state index contributed by atoms with van der Waals surface area (Å²) >= 11 is 0. The molecule has 0 heterocycles. The van der Waals surface area contributed by atoms with Gasteiger partial charge in [-0.15, -0.1) is 0 Å². The topological polar surface area (TPSA) is 67.4 Å². The van der Waals surface area contributed by atoms with Crippen molar-refractivity contribution in [2.45, 2.75) is 20.3 Å². The zero-order valence-corrected chi connectivity index (χ0v) is 13.3. The van der Waals surface area contributed by atoms with Crippen LogP contribution in [0.15, 0.2) is 48.5 Å². The van der Waals surface area contributed by atoms with Gasteiger partial charge in [0.1, 0.15) is 11.5 Å². The Bertz CT molecular complexity index is 681. The van der Waals surface area contributed by atoms with Crippen LogP contribution in [0.5, 0.6) is 11.5 Å². The largest absolute Gasteiger partial charge is 0.457 e. The fraction of sp³-hybridized carbons (Fsp3) is 0.222. The van der Waals surface area contributed by atoms with Crippen molar-refractivity contribution in [3.63, 3.8) is 0 Å². The molecule has 0 spiro atoms. The van der Waals surface area contributed by atoms with Crippen LogP contribution in [-0.2, 0) is 9.59 Å². The number of carbonyl (C=O) groups excluding carboxylic acids is 2. The maximum Gasteiger partial charge on any atom is 0.243 e. The summed E-state index contributed by atoms with van der Waals surface area (Å²) in [5.74, 6) is 1.04. The molecule has 0 radical (unpaired) electrons. The second-order valence-electron chi connectivity index (χ2n) is 5.12. The second kappa shape index (κ2) is 7.98. The van der Waals surface area contributed by atoms with E-state index < -0.39 is 0 Å². The summed E-state index contributed by atoms with van der Waals surface area (Å²) in [4.78, 5) is 22.8. The van der Waals surface area contributed by atoms with Crippen LogP contribution in [0.3, 0.4) is 0 Å². The number of hydrogen-bond donors (Lipinski definition) is 2. The summed E-state index contributed by atoms with van der Waals surface area (Å²) in [6.45, 7) is 3.71. The van der Waals surface area contributed by atoms with E-state index >= 15 is 0 Å². The van der Waals surface area contributed by atoms with Gasteiger partial charge < -0.3 is 15.4 Å². The molecule has 0 fully saturated rings. The Kier molecular flexibility index (Phi) is 5.74. The average molecular weight is 312 g/mol. The number of amides is 2. The highest BCUT2D eigenvalue weighted by molar-refractivity contribution is 5.94. The zero-order chi connectivity index (χ0) is 16.7. The molecular weight excluding hydrogens is 292 g/mol. The van der Waals surface area contributed by atoms with Crippen molar-refractivity contribution in [2.75, 3.05) is 11.9 Å². The smallest absolute Gasteiger partial charge is 0.243 e. The minimum Gasteiger partial charge on any atom is -0.457 e. The normalized spacial score (nSPS) is 10.0. The van der Waals surface area contributed by atoms with Crippen molar-refractivity contribution >= 4 is 17.5 Å². The highest BCUT2D eigenvalue weighted by Crippen LogP contribution is 2.23. The van der Waals surface area contributed by atoms with Gasteiger partial charge in [0.25, 0.3) is 0 Å². The van der Waals surface area contributed by atoms with Gasteiger partial charge in [-0.25, -0.2) is 0 Å². The van der Waals surface area contributed by atoms with E-state index in [1.54, 1.807) is 31.2 Å². The van der Waals surface area contributed by atoms with Crippen LogP contribution in [0, 0.1) is 6.92 Å². The highest BCUT2D eigenvalue weighted by Gasteiger charge is 2.05. The molecule has 0 aliphatic carbocycles. The molecule has 0 aliphatic heterocycles. The SMILES string of the molecule is CCC(=O)NCC(=O)Nc1ccc(Oc2cccc(C)c2)cc1. The number of benzene rings is 2. The average Bonchev–Trinajstić information content (AvgIpc) is 2.54. The third kappa shape index (κ3) is 5.47. The van der Waals surface area contributed by atoms with Crippen LogP contribution in [-0.4, -0.2) is 18.4 Å². The van der Waals surface area contributed by atoms with Crippen LogP contribution >= 0.6 is 0 Å². The van der Waals surface area contributed by atoms with Crippen molar-refractivity contribution in [1.82, 2.24) is 5.32 Å². The van der Waals surface area contributed by atoms with E-state index in [0.29, 0.717) is 17.9 Å². The van der Waals surface area contributed by atoms with Gasteiger partial charge in [0.2, 0.25) is 11.8 Å². The van der Waals surface area contributed by atoms with Gasteiger partial charge >= 0.3 is 0 Å². The van der Waals surface area contributed by atoms with E-state index in [4.69, 9.17) is 4.74 Å². The molecule has 2 aromatic carbocycles. The predicted molar refractivity (Wildman–Crippen MR) is 89.6 cm³/mol. The number of ether oxygens (including phenoxy) is 1. The van der Waals surface area contributed by atoms with Gasteiger partial charge in [-0.05, 0) is 48.9 Å². The summed E-state index contributed by atoms with van der Waals surface area (Å²) in [5, 5.41) is 5.24. The lowest BCUT2D eigenvalue weighted by Crippen LogP contribution is -2.32. The molecule has 5 heteroatoms. The number of rotatable bonds is 6. The minimum atomic E-state index is -0.265. The van der Waals surface area contributed by atoms with Crippen LogP contribution in [0.2, 0.25) is 0 Å². The molecule has 5 nitrogen and oxygen atoms in total. The molecule has 120 valence electrons. The molecular formula is C18H20N2O3. The Morgan fingerprint density at radius 3 is 2.39 bits per heavy atom. The fourth-order valence-corrected chi connectivity index (χ4v) is 1.93. The standard InChI is InChI=1S/C18H20N2O3/c1-3-17(21)19-12-18(22)20-14-7-9-15(10-8-14)23-16-6-4-5-13(2)11-16/h4-11H,3,12H2,1-2H3,(H,19,21)(H,20,22). The summed E-state index contributed by atoms with van der Waals surface area (Å²) in [6, 6.07) is 14.8. The third-order valence-electron chi connectivity index (χ3n) is 3.13. The zero-order valence-electron chi connectivity index (χ0n) is 13.3. The van der Waals surface area contributed by atoms with Gasteiger partial charge in [-0.3, -0.25) is 9.59 Å². The first-order chi connectivity index (χ1) is 11.1. The van der Waals surface area contributed by atoms with Gasteiger partial charge in [0.15, 0.2) is 0 Å². The molecule has 0 saturated heterocycles. The summed E-state index contributed by atoms with van der Waals surface area (Å²) in [7, 11) is 0. The monoisotopic (exact) mass is 312 g/mol. The maximum absolute atomic E-state index is 11.7. The predicted octanol–water partition coefficient (Wildman–Crippen LogP) is 3.25. The molecule has 2 amide bonds. The van der Waals surface area contributed by atoms with Crippen molar-refractivity contribution < 1.29 is 14.3 Å². The molecule has 0 unspecified atom stereocenters. The van der Waals surface area contributed by atoms with E-state index in [9.17, 15) is 9.59 Å². The van der Waals surface area contributed by atoms with Crippen LogP contribution in [0.4, 0.5) is 5.69 Å². The van der Waals surface area contributed by atoms with Crippen molar-refractivity contribution in [3.05, 3.63) is 54.1 Å². The Balaban J connectivity index is 1.89. The van der Waals surface area contributed by atoms with Crippen LogP contribution < -0.4 is 15.4 Å². The number of aryl methyl sites for hydroxylation is 1. The molecule has 2 aromatic rings. The van der Waals surface area contributed by atoms with Crippen LogP contribution in [0.1, 0.15) is 18.9 Å². The lowest BCUT2D eigenvalue weighted by atomic mass is 10.2. The quantitative estimate of drug-likeness (QED) is 0.860. The van der Waals surface area contributed by atoms with E-state index in [1.165, 1.54) is 0 Å². The lowest BCUT2D eigenvalue weighted by Gasteiger charge is -2.09. The lowest BCUT2D eigenvalue weighted by molar-refractivity contribution is -0.123. The Morgan fingerprint density at radius 1 is 1.00 bits per heavy atom. The number of nitrogens with one attached hydrogen (secondary N) is 2. The first-order valence-electron chi connectivity index (χ1n) is 7.48. The Morgan fingerprint density at radius 2 is 1.74 bits per heavy atom. The molecule has 23 heavy (non-hydrogen) atoms. The molecule has 2 rings (SSSR count). The van der Waals surface area contributed by atoms with Gasteiger partial charge in [0.05, 0.1) is 6.54 Å². The molecule has 0 bridgehead atoms. The van der Waals surface area contributed by atoms with Gasteiger partial charge in [0, 0.05) is 12.1 Å². The Labute approximate surface area is 135 Å². The van der Waals surface area contributed by atoms with E-state index in [0.717, 1.165) is 11.3 Å². The summed E-state index contributed by atoms with van der Waals surface area (Å²) in [5.41, 5.74) is 1.78. The molecule has 0 aliphatic rings. The number of carbonyl (C=O) groups is 2. The van der Waals surface area contributed by atoms with Gasteiger partial charge in [-0.2, -0.15) is 0 Å². The molecule has 2 N–H and O–H groups in total. The van der Waals surface area contributed by atoms with Crippen molar-refractivity contribution in [2.24, 2.45) is 0 Å². The molecule has 0 saturated carbocycles. The van der Waals surface area contributed by atoms with Crippen LogP contribution in [0.25, 0.3) is 0 Å². The van der Waals surface area contributed by atoms with E-state index in [2.05, 4.69) is 10.6 Å².